The quantitative estimate of drug-likeness (QED) is 0.0669. The van der Waals surface area contributed by atoms with Crippen LogP contribution < -0.4 is 5.73 Å². The van der Waals surface area contributed by atoms with Crippen LogP contribution in [0.15, 0.2) is 12.7 Å². The molecule has 1 aliphatic heterocycles. The fourth-order valence-electron chi connectivity index (χ4n) is 3.29. The number of phosphoric acid groups is 3. The molecule has 10 atom stereocenters. The maximum Gasteiger partial charge on any atom is 0.490 e. The third kappa shape index (κ3) is 11.6. The van der Waals surface area contributed by atoms with E-state index in [2.05, 4.69) is 28.1 Å². The number of carboxylic acid groups (broad SMARTS) is 1. The van der Waals surface area contributed by atoms with Gasteiger partial charge in [0, 0.05) is 17.1 Å². The number of carboxylic acids is 1. The van der Waals surface area contributed by atoms with E-state index in [0.717, 1.165) is 6.33 Å². The summed E-state index contributed by atoms with van der Waals surface area (Å²) in [7, 11) is -16.7. The number of nitrogens with zero attached hydrogens (tertiary/aromatic N) is 4. The molecule has 29 heteroatoms. The molecule has 0 spiro atoms. The minimum Gasteiger partial charge on any atom is -0.479 e. The van der Waals surface area contributed by atoms with Crippen molar-refractivity contribution in [2.24, 2.45) is 0 Å². The summed E-state index contributed by atoms with van der Waals surface area (Å²) < 4.78 is 51.9. The van der Waals surface area contributed by atoms with Crippen LogP contribution in [-0.2, 0) is 53.4 Å². The molecular weight excluding hydrogens is 739 g/mol. The summed E-state index contributed by atoms with van der Waals surface area (Å²) in [5.74, 6) is -1.68. The maximum atomic E-state index is 11.8. The Bertz CT molecular complexity index is 1430. The predicted octanol–water partition coefficient (Wildman–Crippen LogP) is -5.12. The number of nitrogen functional groups attached to an aromatic ring is 1. The number of hydrogen-bond donors (Lipinski definition) is 13. The summed E-state index contributed by atoms with van der Waals surface area (Å²) in [6, 6.07) is 0. The van der Waals surface area contributed by atoms with Gasteiger partial charge in [0.2, 0.25) is 0 Å². The van der Waals surface area contributed by atoms with E-state index in [1.54, 1.807) is 0 Å². The molecule has 1 fully saturated rings. The van der Waals surface area contributed by atoms with Crippen molar-refractivity contribution in [1.29, 1.82) is 0 Å². The van der Waals surface area contributed by atoms with Crippen molar-refractivity contribution >= 4 is 46.4 Å². The molecule has 0 aliphatic carbocycles. The van der Waals surface area contributed by atoms with Gasteiger partial charge in [-0.3, -0.25) is 9.09 Å². The minimum absolute atomic E-state index is 0. The van der Waals surface area contributed by atoms with Crippen LogP contribution in [0.1, 0.15) is 6.23 Å². The van der Waals surface area contributed by atoms with Crippen molar-refractivity contribution in [2.75, 3.05) is 18.9 Å². The SMILES string of the molecule is Nc1ncnc2c1ncn2[C@@H]1O[C@H](COP(=O)(O)OP(=O)(O)OP(=O)(O)O)[C@@H](O)[C@H]1O.O=C(O)[C@H](O)[C@@H](O)[C@H](O)[C@H](O)CO.[Cu]. The fraction of sp³-hybridized carbons (Fsp3) is 0.625. The zero-order valence-corrected chi connectivity index (χ0v) is 25.5. The Morgan fingerprint density at radius 3 is 2.11 bits per heavy atom. The van der Waals surface area contributed by atoms with Crippen LogP contribution in [0.4, 0.5) is 5.82 Å². The number of ether oxygens (including phenoxy) is 1. The first-order chi connectivity index (χ1) is 20.1. The smallest absolute Gasteiger partial charge is 0.479 e. The Balaban J connectivity index is 0.000000615. The van der Waals surface area contributed by atoms with Gasteiger partial charge in [-0.25, -0.2) is 33.4 Å². The van der Waals surface area contributed by atoms with Crippen LogP contribution in [0.25, 0.3) is 11.2 Å². The van der Waals surface area contributed by atoms with Crippen molar-refractivity contribution in [3.63, 3.8) is 0 Å². The first-order valence-electron chi connectivity index (χ1n) is 11.4. The molecule has 25 nitrogen and oxygen atoms in total. The number of hydrogen-bond acceptors (Lipinski definition) is 19. The number of imidazole rings is 1. The van der Waals surface area contributed by atoms with E-state index < -0.39 is 91.6 Å². The Labute approximate surface area is 260 Å². The number of aliphatic hydroxyl groups is 7. The normalized spacial score (nSPS) is 25.5. The Hall–Kier alpha value is -1.57. The molecule has 0 saturated carbocycles. The molecular formula is C16H28CuN5O20P3. The van der Waals surface area contributed by atoms with E-state index in [4.69, 9.17) is 55.8 Å². The van der Waals surface area contributed by atoms with E-state index in [1.165, 1.54) is 10.9 Å². The first kappa shape index (κ1) is 41.5. The topological polar surface area (TPSA) is 418 Å². The van der Waals surface area contributed by atoms with Gasteiger partial charge in [0.1, 0.15) is 48.5 Å². The van der Waals surface area contributed by atoms with Crippen LogP contribution in [0.2, 0.25) is 0 Å². The molecule has 1 saturated heterocycles. The molecule has 0 aromatic carbocycles. The third-order valence-electron chi connectivity index (χ3n) is 5.32. The second kappa shape index (κ2) is 16.5. The summed E-state index contributed by atoms with van der Waals surface area (Å²) in [6.45, 7) is -1.80. The van der Waals surface area contributed by atoms with Crippen LogP contribution in [0.3, 0.4) is 0 Å². The monoisotopic (exact) mass is 766 g/mol. The summed E-state index contributed by atoms with van der Waals surface area (Å²) in [4.78, 5) is 57.3. The van der Waals surface area contributed by atoms with Crippen LogP contribution in [0.5, 0.6) is 0 Å². The van der Waals surface area contributed by atoms with E-state index in [9.17, 15) is 33.6 Å². The van der Waals surface area contributed by atoms with Crippen molar-refractivity contribution in [3.8, 4) is 0 Å². The summed E-state index contributed by atoms with van der Waals surface area (Å²) in [5, 5.41) is 72.2. The Morgan fingerprint density at radius 1 is 0.978 bits per heavy atom. The van der Waals surface area contributed by atoms with E-state index in [-0.39, 0.29) is 34.1 Å². The number of phosphoric ester groups is 1. The summed E-state index contributed by atoms with van der Waals surface area (Å²) in [6.07, 6.45) is -11.5. The minimum atomic E-state index is -5.70. The molecule has 1 aliphatic rings. The van der Waals surface area contributed by atoms with Gasteiger partial charge in [-0.2, -0.15) is 8.62 Å². The van der Waals surface area contributed by atoms with Gasteiger partial charge in [-0.15, -0.1) is 0 Å². The van der Waals surface area contributed by atoms with Crippen LogP contribution >= 0.6 is 23.5 Å². The van der Waals surface area contributed by atoms with Gasteiger partial charge in [0.05, 0.1) is 19.5 Å². The zero-order chi connectivity index (χ0) is 33.8. The van der Waals surface area contributed by atoms with Gasteiger partial charge < -0.3 is 70.9 Å². The molecule has 45 heavy (non-hydrogen) atoms. The number of anilines is 1. The van der Waals surface area contributed by atoms with Gasteiger partial charge in [0.25, 0.3) is 0 Å². The number of nitrogens with two attached hydrogens (primary N) is 1. The number of rotatable bonds is 13. The average Bonchev–Trinajstić information content (AvgIpc) is 3.45. The molecule has 0 amide bonds. The van der Waals surface area contributed by atoms with Gasteiger partial charge >= 0.3 is 29.4 Å². The van der Waals surface area contributed by atoms with Crippen molar-refractivity contribution in [3.05, 3.63) is 12.7 Å². The third-order valence-corrected chi connectivity index (χ3v) is 9.13. The molecule has 2 unspecified atom stereocenters. The molecule has 2 aromatic rings. The van der Waals surface area contributed by atoms with E-state index in [0.29, 0.717) is 0 Å². The average molecular weight is 767 g/mol. The second-order valence-electron chi connectivity index (χ2n) is 8.53. The molecule has 14 N–H and O–H groups in total. The molecule has 0 bridgehead atoms. The Morgan fingerprint density at radius 2 is 1.58 bits per heavy atom. The number of aliphatic carboxylic acids is 1. The number of carbonyl (C=O) groups is 1. The van der Waals surface area contributed by atoms with Crippen LogP contribution in [0, 0.1) is 0 Å². The van der Waals surface area contributed by atoms with Crippen molar-refractivity contribution < 1.29 is 114 Å². The number of fused-ring (bicyclic) bond motifs is 1. The molecule has 1 radical (unpaired) electrons. The van der Waals surface area contributed by atoms with Crippen molar-refractivity contribution in [2.45, 2.75) is 49.0 Å². The summed E-state index contributed by atoms with van der Waals surface area (Å²) in [5.41, 5.74) is 6.00. The van der Waals surface area contributed by atoms with E-state index >= 15 is 0 Å². The number of aromatic nitrogens is 4. The fourth-order valence-corrected chi connectivity index (χ4v) is 6.32. The molecule has 3 rings (SSSR count). The second-order valence-corrected chi connectivity index (χ2v) is 13.0. The van der Waals surface area contributed by atoms with Crippen LogP contribution in [-0.4, -0.2) is 142 Å². The van der Waals surface area contributed by atoms with Gasteiger partial charge in [0.15, 0.2) is 23.8 Å². The summed E-state index contributed by atoms with van der Waals surface area (Å²) >= 11 is 0. The largest absolute Gasteiger partial charge is 0.490 e. The van der Waals surface area contributed by atoms with Gasteiger partial charge in [-0.1, -0.05) is 0 Å². The molecule has 2 aromatic heterocycles. The predicted molar refractivity (Wildman–Crippen MR) is 134 cm³/mol. The van der Waals surface area contributed by atoms with Crippen molar-refractivity contribution in [1.82, 2.24) is 19.5 Å². The first-order valence-corrected chi connectivity index (χ1v) is 15.9. The maximum absolute atomic E-state index is 11.8. The Kier molecular flexibility index (Phi) is 15.2. The standard InChI is InChI=1S/C10H16N5O13P3.C6H12O7.Cu/c11-8-5-9(13-2-12-8)15(3-14-5)10-7(17)6(16)4(26-10)1-25-30(21,22)28-31(23,24)27-29(18,19)20;7-1-2(8)3(9)4(10)5(11)6(12)13;/h2-4,6-7,10,16-17H,1H2,(H,21,22)(H,23,24)(H2,11,12,13)(H2,18,19,20);2-5,7-11H,1H2,(H,12,13);/t4-,6-,7-,10-;2-,3-,4+,5-;/m11./s1. The molecule has 3 heterocycles. The zero-order valence-electron chi connectivity index (χ0n) is 21.8. The number of aliphatic hydroxyl groups excluding tert-OH is 7. The molecule has 263 valence electrons. The van der Waals surface area contributed by atoms with E-state index in [1.807, 2.05) is 0 Å². The van der Waals surface area contributed by atoms with Gasteiger partial charge in [-0.05, 0) is 0 Å².